The Kier molecular flexibility index (Phi) is 6.28. The van der Waals surface area contributed by atoms with Gasteiger partial charge in [0.1, 0.15) is 5.02 Å². The molecule has 5 nitrogen and oxygen atoms in total. The first-order chi connectivity index (χ1) is 12.1. The van der Waals surface area contributed by atoms with Gasteiger partial charge in [0.2, 0.25) is 0 Å². The molecule has 2 aromatic rings. The number of aromatic nitrogens is 3. The summed E-state index contributed by atoms with van der Waals surface area (Å²) in [6.45, 7) is 6.22. The second-order valence-corrected chi connectivity index (χ2v) is 6.89. The zero-order valence-corrected chi connectivity index (χ0v) is 15.4. The number of rotatable bonds is 6. The first-order valence-electron chi connectivity index (χ1n) is 8.17. The maximum atomic E-state index is 12.6. The molecule has 9 heteroatoms. The van der Waals surface area contributed by atoms with Gasteiger partial charge < -0.3 is 5.32 Å². The molecule has 0 aliphatic rings. The molecule has 0 bridgehead atoms. The van der Waals surface area contributed by atoms with E-state index in [0.717, 1.165) is 29.7 Å². The van der Waals surface area contributed by atoms with Crippen molar-refractivity contribution in [2.45, 2.75) is 45.8 Å². The van der Waals surface area contributed by atoms with Gasteiger partial charge in [0.25, 0.3) is 5.56 Å². The first-order valence-corrected chi connectivity index (χ1v) is 8.55. The monoisotopic (exact) mass is 388 g/mol. The van der Waals surface area contributed by atoms with Gasteiger partial charge in [-0.05, 0) is 37.8 Å². The van der Waals surface area contributed by atoms with Crippen LogP contribution in [0.5, 0.6) is 0 Å². The maximum absolute atomic E-state index is 12.6. The molecule has 0 aliphatic carbocycles. The first kappa shape index (κ1) is 20.2. The van der Waals surface area contributed by atoms with Crippen LogP contribution < -0.4 is 10.9 Å². The van der Waals surface area contributed by atoms with Crippen LogP contribution in [0.3, 0.4) is 0 Å². The Morgan fingerprint density at radius 3 is 2.42 bits per heavy atom. The van der Waals surface area contributed by atoms with Gasteiger partial charge in [-0.1, -0.05) is 25.4 Å². The molecule has 0 saturated carbocycles. The molecule has 0 aromatic carbocycles. The SMILES string of the molecule is CC(C)CCC(C)Nc1cnn(-c2ccc(C(F)(F)F)cn2)c(=O)c1Cl. The number of nitrogens with zero attached hydrogens (tertiary/aromatic N) is 3. The molecule has 142 valence electrons. The fraction of sp³-hybridized carbons (Fsp3) is 0.471. The lowest BCUT2D eigenvalue weighted by molar-refractivity contribution is -0.137. The van der Waals surface area contributed by atoms with E-state index in [0.29, 0.717) is 17.8 Å². The number of alkyl halides is 3. The zero-order chi connectivity index (χ0) is 19.5. The van der Waals surface area contributed by atoms with Crippen molar-refractivity contribution in [3.8, 4) is 5.82 Å². The number of hydrogen-bond donors (Lipinski definition) is 1. The fourth-order valence-corrected chi connectivity index (χ4v) is 2.48. The zero-order valence-electron chi connectivity index (χ0n) is 14.6. The van der Waals surface area contributed by atoms with Crippen LogP contribution in [0.25, 0.3) is 5.82 Å². The van der Waals surface area contributed by atoms with Crippen LogP contribution in [0, 0.1) is 5.92 Å². The van der Waals surface area contributed by atoms with Gasteiger partial charge in [0.15, 0.2) is 5.82 Å². The summed E-state index contributed by atoms with van der Waals surface area (Å²) in [5, 5.41) is 7.01. The van der Waals surface area contributed by atoms with E-state index in [1.54, 1.807) is 0 Å². The Bertz CT molecular complexity index is 803. The molecule has 0 radical (unpaired) electrons. The van der Waals surface area contributed by atoms with Crippen molar-refractivity contribution in [3.63, 3.8) is 0 Å². The van der Waals surface area contributed by atoms with Crippen LogP contribution in [0.15, 0.2) is 29.3 Å². The van der Waals surface area contributed by atoms with Gasteiger partial charge >= 0.3 is 6.18 Å². The second-order valence-electron chi connectivity index (χ2n) is 6.51. The number of hydrogen-bond acceptors (Lipinski definition) is 4. The van der Waals surface area contributed by atoms with E-state index in [4.69, 9.17) is 11.6 Å². The Labute approximate surface area is 154 Å². The summed E-state index contributed by atoms with van der Waals surface area (Å²) in [6, 6.07) is 2.01. The van der Waals surface area contributed by atoms with Gasteiger partial charge in [-0.15, -0.1) is 0 Å². The minimum Gasteiger partial charge on any atom is -0.380 e. The van der Waals surface area contributed by atoms with E-state index in [9.17, 15) is 18.0 Å². The van der Waals surface area contributed by atoms with Gasteiger partial charge in [-0.3, -0.25) is 4.79 Å². The van der Waals surface area contributed by atoms with Crippen LogP contribution in [0.2, 0.25) is 5.02 Å². The van der Waals surface area contributed by atoms with Crippen LogP contribution in [-0.2, 0) is 6.18 Å². The molecule has 2 heterocycles. The molecular weight excluding hydrogens is 369 g/mol. The molecule has 1 atom stereocenters. The predicted octanol–water partition coefficient (Wildman–Crippen LogP) is 4.54. The van der Waals surface area contributed by atoms with Gasteiger partial charge in [-0.2, -0.15) is 23.0 Å². The quantitative estimate of drug-likeness (QED) is 0.789. The highest BCUT2D eigenvalue weighted by atomic mass is 35.5. The minimum atomic E-state index is -4.50. The summed E-state index contributed by atoms with van der Waals surface area (Å²) in [7, 11) is 0. The molecule has 0 aliphatic heterocycles. The molecule has 0 amide bonds. The van der Waals surface area contributed by atoms with Crippen LogP contribution in [0.4, 0.5) is 18.9 Å². The summed E-state index contributed by atoms with van der Waals surface area (Å²) in [4.78, 5) is 16.0. The molecule has 26 heavy (non-hydrogen) atoms. The van der Waals surface area contributed by atoms with Gasteiger partial charge in [0.05, 0.1) is 17.4 Å². The molecule has 2 rings (SSSR count). The van der Waals surface area contributed by atoms with Crippen molar-refractivity contribution in [1.82, 2.24) is 14.8 Å². The van der Waals surface area contributed by atoms with E-state index >= 15 is 0 Å². The third-order valence-electron chi connectivity index (χ3n) is 3.79. The van der Waals surface area contributed by atoms with Crippen LogP contribution in [-0.4, -0.2) is 20.8 Å². The van der Waals surface area contributed by atoms with Crippen LogP contribution in [0.1, 0.15) is 39.2 Å². The highest BCUT2D eigenvalue weighted by Gasteiger charge is 2.30. The largest absolute Gasteiger partial charge is 0.417 e. The topological polar surface area (TPSA) is 59.8 Å². The van der Waals surface area contributed by atoms with E-state index in [2.05, 4.69) is 29.2 Å². The maximum Gasteiger partial charge on any atom is 0.417 e. The molecule has 0 spiro atoms. The standard InChI is InChI=1S/C17H20ClF3N4O/c1-10(2)4-5-11(3)24-13-9-23-25(16(26)15(13)18)14-7-6-12(8-22-14)17(19,20)21/h6-11,24H,4-5H2,1-3H3. The van der Waals surface area contributed by atoms with Crippen molar-refractivity contribution < 1.29 is 13.2 Å². The average Bonchev–Trinajstić information content (AvgIpc) is 2.57. The number of halogens is 4. The molecular formula is C17H20ClF3N4O. The lowest BCUT2D eigenvalue weighted by Crippen LogP contribution is -2.25. The van der Waals surface area contributed by atoms with E-state index in [1.807, 2.05) is 6.92 Å². The molecule has 2 aromatic heterocycles. The molecule has 0 saturated heterocycles. The van der Waals surface area contributed by atoms with E-state index in [-0.39, 0.29) is 16.9 Å². The normalized spacial score (nSPS) is 13.1. The van der Waals surface area contributed by atoms with Crippen molar-refractivity contribution in [3.05, 3.63) is 45.5 Å². The Morgan fingerprint density at radius 2 is 1.88 bits per heavy atom. The van der Waals surface area contributed by atoms with Gasteiger partial charge in [-0.25, -0.2) is 4.98 Å². The summed E-state index contributed by atoms with van der Waals surface area (Å²) in [5.74, 6) is 0.524. The van der Waals surface area contributed by atoms with Crippen molar-refractivity contribution in [1.29, 1.82) is 0 Å². The number of anilines is 1. The molecule has 1 unspecified atom stereocenters. The van der Waals surface area contributed by atoms with E-state index < -0.39 is 17.3 Å². The fourth-order valence-electron chi connectivity index (χ4n) is 2.30. The van der Waals surface area contributed by atoms with E-state index in [1.165, 1.54) is 6.20 Å². The van der Waals surface area contributed by atoms with Crippen LogP contribution >= 0.6 is 11.6 Å². The smallest absolute Gasteiger partial charge is 0.380 e. The second kappa shape index (κ2) is 8.07. The van der Waals surface area contributed by atoms with Gasteiger partial charge in [0, 0.05) is 12.2 Å². The highest BCUT2D eigenvalue weighted by molar-refractivity contribution is 6.32. The summed E-state index contributed by atoms with van der Waals surface area (Å²) in [5.41, 5.74) is -1.17. The summed E-state index contributed by atoms with van der Waals surface area (Å²) in [6.07, 6.45) is -0.558. The average molecular weight is 389 g/mol. The van der Waals surface area contributed by atoms with Crippen molar-refractivity contribution >= 4 is 17.3 Å². The predicted molar refractivity (Wildman–Crippen MR) is 94.8 cm³/mol. The molecule has 0 fully saturated rings. The lowest BCUT2D eigenvalue weighted by Gasteiger charge is -2.17. The Hall–Kier alpha value is -2.09. The Morgan fingerprint density at radius 1 is 1.19 bits per heavy atom. The number of pyridine rings is 1. The van der Waals surface area contributed by atoms with Crippen molar-refractivity contribution in [2.75, 3.05) is 5.32 Å². The highest BCUT2D eigenvalue weighted by Crippen LogP contribution is 2.28. The Balaban J connectivity index is 2.23. The molecule has 1 N–H and O–H groups in total. The van der Waals surface area contributed by atoms with Crippen molar-refractivity contribution in [2.24, 2.45) is 5.92 Å². The lowest BCUT2D eigenvalue weighted by atomic mass is 10.0. The summed E-state index contributed by atoms with van der Waals surface area (Å²) < 4.78 is 38.7. The summed E-state index contributed by atoms with van der Waals surface area (Å²) >= 11 is 6.12. The third-order valence-corrected chi connectivity index (χ3v) is 4.16. The minimum absolute atomic E-state index is 0.0377. The number of nitrogens with one attached hydrogen (secondary N) is 1. The third kappa shape index (κ3) is 4.97.